The molecule has 0 saturated carbocycles. The number of hydrogen-bond donors (Lipinski definition) is 2. The molecule has 0 aliphatic carbocycles. The fourth-order valence-corrected chi connectivity index (χ4v) is 1.58. The van der Waals surface area contributed by atoms with Gasteiger partial charge in [0.05, 0.1) is 6.10 Å². The van der Waals surface area contributed by atoms with E-state index in [9.17, 15) is 0 Å². The van der Waals surface area contributed by atoms with Crippen molar-refractivity contribution in [3.05, 3.63) is 0 Å². The topological polar surface area (TPSA) is 58.0 Å². The lowest BCUT2D eigenvalue weighted by Crippen LogP contribution is -2.54. The zero-order valence-corrected chi connectivity index (χ0v) is 6.45. The van der Waals surface area contributed by atoms with Gasteiger partial charge in [0, 0.05) is 7.11 Å². The summed E-state index contributed by atoms with van der Waals surface area (Å²) in [5.74, 6) is 0. The molecule has 5 heteroatoms. The van der Waals surface area contributed by atoms with Gasteiger partial charge in [-0.25, -0.2) is 0 Å². The highest BCUT2D eigenvalue weighted by atomic mass is 16.5. The molecule has 0 aromatic rings. The van der Waals surface area contributed by atoms with Gasteiger partial charge < -0.3 is 4.74 Å². The molecule has 0 spiro atoms. The molecule has 2 N–H and O–H groups in total. The molecule has 3 atom stereocenters. The van der Waals surface area contributed by atoms with Crippen molar-refractivity contribution in [3.8, 4) is 0 Å². The summed E-state index contributed by atoms with van der Waals surface area (Å²) in [6.07, 6.45) is 1.39. The summed E-state index contributed by atoms with van der Waals surface area (Å²) in [5, 5.41) is 11.0. The Hall–Kier alpha value is -0.680. The monoisotopic (exact) mass is 156 g/mol. The lowest BCUT2D eigenvalue weighted by Gasteiger charge is -2.30. The van der Waals surface area contributed by atoms with Crippen LogP contribution in [0.2, 0.25) is 0 Å². The van der Waals surface area contributed by atoms with Gasteiger partial charge in [0.15, 0.2) is 0 Å². The number of fused-ring (bicyclic) bond motifs is 1. The molecular formula is C6H12N4O. The van der Waals surface area contributed by atoms with Gasteiger partial charge in [-0.15, -0.1) is 5.11 Å². The number of piperidine rings is 1. The van der Waals surface area contributed by atoms with Gasteiger partial charge in [0.2, 0.25) is 0 Å². The van der Waals surface area contributed by atoms with Gasteiger partial charge in [-0.1, -0.05) is 5.22 Å². The van der Waals surface area contributed by atoms with Crippen molar-refractivity contribution in [3.63, 3.8) is 0 Å². The molecule has 5 nitrogen and oxygen atoms in total. The van der Waals surface area contributed by atoms with Crippen LogP contribution in [0.5, 0.6) is 0 Å². The Balaban J connectivity index is 2.04. The van der Waals surface area contributed by atoms with Crippen molar-refractivity contribution in [2.24, 2.45) is 10.3 Å². The van der Waals surface area contributed by atoms with Crippen molar-refractivity contribution in [2.45, 2.75) is 24.7 Å². The molecule has 0 amide bonds. The standard InChI is InChI=1S/C6H12N4O/c1-11-4-2-3-7-6-5(4)8-10-9-6/h4-7H,2-3H2,1H3,(H,8,9). The van der Waals surface area contributed by atoms with Crippen LogP contribution < -0.4 is 10.7 Å². The van der Waals surface area contributed by atoms with E-state index in [4.69, 9.17) is 4.74 Å². The second kappa shape index (κ2) is 2.75. The summed E-state index contributed by atoms with van der Waals surface area (Å²) < 4.78 is 5.28. The van der Waals surface area contributed by atoms with Crippen LogP contribution >= 0.6 is 0 Å². The predicted molar refractivity (Wildman–Crippen MR) is 39.0 cm³/mol. The zero-order valence-electron chi connectivity index (χ0n) is 6.45. The molecular weight excluding hydrogens is 144 g/mol. The quantitative estimate of drug-likeness (QED) is 0.546. The second-order valence-electron chi connectivity index (χ2n) is 2.83. The highest BCUT2D eigenvalue weighted by Crippen LogP contribution is 2.17. The average molecular weight is 156 g/mol. The number of nitrogens with one attached hydrogen (secondary N) is 2. The molecule has 0 aromatic carbocycles. The Morgan fingerprint density at radius 1 is 1.55 bits per heavy atom. The molecule has 2 heterocycles. The summed E-state index contributed by atoms with van der Waals surface area (Å²) >= 11 is 0. The summed E-state index contributed by atoms with van der Waals surface area (Å²) in [5.41, 5.74) is 2.93. The molecule has 1 saturated heterocycles. The normalized spacial score (nSPS) is 41.7. The fourth-order valence-electron chi connectivity index (χ4n) is 1.58. The lowest BCUT2D eigenvalue weighted by atomic mass is 10.0. The first-order chi connectivity index (χ1) is 5.42. The van der Waals surface area contributed by atoms with Crippen molar-refractivity contribution < 1.29 is 4.74 Å². The number of hydrogen-bond acceptors (Lipinski definition) is 5. The molecule has 2 aliphatic rings. The van der Waals surface area contributed by atoms with Crippen molar-refractivity contribution >= 4 is 0 Å². The van der Waals surface area contributed by atoms with E-state index in [-0.39, 0.29) is 18.3 Å². The molecule has 2 rings (SSSR count). The van der Waals surface area contributed by atoms with E-state index in [2.05, 4.69) is 21.1 Å². The van der Waals surface area contributed by atoms with Gasteiger partial charge in [0.25, 0.3) is 0 Å². The van der Waals surface area contributed by atoms with Crippen LogP contribution in [0.3, 0.4) is 0 Å². The van der Waals surface area contributed by atoms with Crippen LogP contribution in [0.15, 0.2) is 10.3 Å². The van der Waals surface area contributed by atoms with E-state index in [1.807, 2.05) is 0 Å². The largest absolute Gasteiger partial charge is 0.379 e. The second-order valence-corrected chi connectivity index (χ2v) is 2.83. The minimum absolute atomic E-state index is 0.119. The van der Waals surface area contributed by atoms with Gasteiger partial charge in [0.1, 0.15) is 12.2 Å². The minimum atomic E-state index is 0.119. The van der Waals surface area contributed by atoms with Crippen LogP contribution in [0.4, 0.5) is 0 Å². The summed E-state index contributed by atoms with van der Waals surface area (Å²) in [7, 11) is 1.73. The van der Waals surface area contributed by atoms with Crippen LogP contribution in [0.1, 0.15) is 6.42 Å². The molecule has 62 valence electrons. The molecule has 0 radical (unpaired) electrons. The third-order valence-electron chi connectivity index (χ3n) is 2.21. The number of methoxy groups -OCH3 is 1. The van der Waals surface area contributed by atoms with Crippen molar-refractivity contribution in [1.29, 1.82) is 0 Å². The van der Waals surface area contributed by atoms with Crippen LogP contribution in [0, 0.1) is 0 Å². The van der Waals surface area contributed by atoms with E-state index < -0.39 is 0 Å². The zero-order chi connectivity index (χ0) is 7.68. The first kappa shape index (κ1) is 7.00. The van der Waals surface area contributed by atoms with E-state index in [0.717, 1.165) is 13.0 Å². The van der Waals surface area contributed by atoms with Gasteiger partial charge in [-0.3, -0.25) is 10.7 Å². The highest BCUT2D eigenvalue weighted by molar-refractivity contribution is 4.92. The third-order valence-corrected chi connectivity index (χ3v) is 2.21. The summed E-state index contributed by atoms with van der Waals surface area (Å²) in [4.78, 5) is 0. The Kier molecular flexibility index (Phi) is 1.75. The smallest absolute Gasteiger partial charge is 0.147 e. The summed E-state index contributed by atoms with van der Waals surface area (Å²) in [6.45, 7) is 0.959. The molecule has 0 bridgehead atoms. The number of ether oxygens (including phenoxy) is 1. The number of rotatable bonds is 1. The van der Waals surface area contributed by atoms with E-state index in [1.54, 1.807) is 7.11 Å². The van der Waals surface area contributed by atoms with Crippen molar-refractivity contribution in [2.75, 3.05) is 13.7 Å². The number of nitrogens with zero attached hydrogens (tertiary/aromatic N) is 2. The fraction of sp³-hybridized carbons (Fsp3) is 1.00. The molecule has 2 aliphatic heterocycles. The lowest BCUT2D eigenvalue weighted by molar-refractivity contribution is 0.0410. The molecule has 1 fully saturated rings. The van der Waals surface area contributed by atoms with Crippen LogP contribution in [0.25, 0.3) is 0 Å². The Labute approximate surface area is 65.2 Å². The average Bonchev–Trinajstić information content (AvgIpc) is 2.50. The van der Waals surface area contributed by atoms with Crippen LogP contribution in [-0.4, -0.2) is 32.0 Å². The molecule has 3 unspecified atom stereocenters. The Morgan fingerprint density at radius 3 is 3.27 bits per heavy atom. The maximum atomic E-state index is 5.28. The molecule has 0 aromatic heterocycles. The maximum absolute atomic E-state index is 5.28. The predicted octanol–water partition coefficient (Wildman–Crippen LogP) is -0.340. The van der Waals surface area contributed by atoms with Gasteiger partial charge >= 0.3 is 0 Å². The first-order valence-electron chi connectivity index (χ1n) is 3.83. The van der Waals surface area contributed by atoms with E-state index in [0.29, 0.717) is 0 Å². The van der Waals surface area contributed by atoms with E-state index in [1.165, 1.54) is 0 Å². The first-order valence-corrected chi connectivity index (χ1v) is 3.83. The Morgan fingerprint density at radius 2 is 2.45 bits per heavy atom. The van der Waals surface area contributed by atoms with Crippen molar-refractivity contribution in [1.82, 2.24) is 10.7 Å². The summed E-state index contributed by atoms with van der Waals surface area (Å²) in [6, 6.07) is 0.230. The van der Waals surface area contributed by atoms with Crippen LogP contribution in [-0.2, 0) is 4.74 Å². The Bertz CT molecular complexity index is 172. The molecule has 11 heavy (non-hydrogen) atoms. The third kappa shape index (κ3) is 1.10. The SMILES string of the molecule is COC1CCNC2N=NNC21. The van der Waals surface area contributed by atoms with Gasteiger partial charge in [-0.2, -0.15) is 0 Å². The van der Waals surface area contributed by atoms with Gasteiger partial charge in [-0.05, 0) is 13.0 Å². The highest BCUT2D eigenvalue weighted by Gasteiger charge is 2.36. The maximum Gasteiger partial charge on any atom is 0.147 e. The van der Waals surface area contributed by atoms with E-state index >= 15 is 0 Å². The minimum Gasteiger partial charge on any atom is -0.379 e.